The molecule has 3 aromatic rings. The Morgan fingerprint density at radius 3 is 2.75 bits per heavy atom. The largest absolute Gasteiger partial charge is 0.349 e. The average molecular weight is 320 g/mol. The van der Waals surface area contributed by atoms with Gasteiger partial charge < -0.3 is 5.32 Å². The highest BCUT2D eigenvalue weighted by atomic mass is 16.1. The molecule has 3 rings (SSSR count). The highest BCUT2D eigenvalue weighted by molar-refractivity contribution is 5.99. The van der Waals surface area contributed by atoms with E-state index in [2.05, 4.69) is 20.5 Å². The van der Waals surface area contributed by atoms with Crippen LogP contribution >= 0.6 is 0 Å². The summed E-state index contributed by atoms with van der Waals surface area (Å²) in [4.78, 5) is 17.0. The van der Waals surface area contributed by atoms with Crippen LogP contribution in [0, 0.1) is 6.92 Å². The van der Waals surface area contributed by atoms with E-state index in [-0.39, 0.29) is 11.9 Å². The van der Waals surface area contributed by atoms with Crippen LogP contribution in [0.2, 0.25) is 0 Å². The Morgan fingerprint density at radius 1 is 1.21 bits per heavy atom. The number of pyridine rings is 1. The second-order valence-corrected chi connectivity index (χ2v) is 5.87. The van der Waals surface area contributed by atoms with Gasteiger partial charge in [0.05, 0.1) is 17.5 Å². The highest BCUT2D eigenvalue weighted by Crippen LogP contribution is 2.20. The molecule has 2 N–H and O–H groups in total. The SMILES string of the molecule is Cc1cccnc1C[C@@H](C)NC(=O)c1cn[nH]c1-c1ccccc1. The summed E-state index contributed by atoms with van der Waals surface area (Å²) in [7, 11) is 0. The number of H-pyrrole nitrogens is 1. The molecule has 5 heteroatoms. The molecule has 1 aromatic carbocycles. The molecule has 0 aliphatic rings. The molecular weight excluding hydrogens is 300 g/mol. The van der Waals surface area contributed by atoms with Crippen LogP contribution in [0.15, 0.2) is 54.9 Å². The summed E-state index contributed by atoms with van der Waals surface area (Å²) in [6.45, 7) is 4.01. The van der Waals surface area contributed by atoms with Crippen LogP contribution < -0.4 is 5.32 Å². The first-order valence-corrected chi connectivity index (χ1v) is 7.95. The Hall–Kier alpha value is -2.95. The molecule has 0 bridgehead atoms. The monoisotopic (exact) mass is 320 g/mol. The number of rotatable bonds is 5. The van der Waals surface area contributed by atoms with Gasteiger partial charge >= 0.3 is 0 Å². The van der Waals surface area contributed by atoms with E-state index in [1.807, 2.05) is 56.3 Å². The Balaban J connectivity index is 1.72. The van der Waals surface area contributed by atoms with Crippen LogP contribution in [0.25, 0.3) is 11.3 Å². The first-order chi connectivity index (χ1) is 11.6. The first kappa shape index (κ1) is 15.9. The number of hydrogen-bond donors (Lipinski definition) is 2. The van der Waals surface area contributed by atoms with Crippen molar-refractivity contribution < 1.29 is 4.79 Å². The molecule has 0 saturated carbocycles. The van der Waals surface area contributed by atoms with Crippen LogP contribution in [-0.4, -0.2) is 27.1 Å². The Labute approximate surface area is 141 Å². The molecule has 122 valence electrons. The zero-order valence-corrected chi connectivity index (χ0v) is 13.8. The third kappa shape index (κ3) is 3.51. The number of nitrogens with zero attached hydrogens (tertiary/aromatic N) is 2. The maximum atomic E-state index is 12.6. The zero-order valence-electron chi connectivity index (χ0n) is 13.8. The van der Waals surface area contributed by atoms with E-state index in [1.54, 1.807) is 12.4 Å². The van der Waals surface area contributed by atoms with Crippen LogP contribution in [0.1, 0.15) is 28.5 Å². The Morgan fingerprint density at radius 2 is 2.00 bits per heavy atom. The van der Waals surface area contributed by atoms with Gasteiger partial charge in [-0.25, -0.2) is 0 Å². The summed E-state index contributed by atoms with van der Waals surface area (Å²) >= 11 is 0. The molecule has 0 saturated heterocycles. The van der Waals surface area contributed by atoms with Crippen LogP contribution in [0.4, 0.5) is 0 Å². The molecular formula is C19H20N4O. The number of carbonyl (C=O) groups is 1. The average Bonchev–Trinajstić information content (AvgIpc) is 3.07. The number of aromatic nitrogens is 3. The lowest BCUT2D eigenvalue weighted by atomic mass is 10.1. The van der Waals surface area contributed by atoms with Crippen molar-refractivity contribution in [2.24, 2.45) is 0 Å². The fourth-order valence-corrected chi connectivity index (χ4v) is 2.66. The van der Waals surface area contributed by atoms with Crippen LogP contribution in [0.3, 0.4) is 0 Å². The van der Waals surface area contributed by atoms with E-state index >= 15 is 0 Å². The molecule has 0 aliphatic heterocycles. The third-order valence-electron chi connectivity index (χ3n) is 3.94. The van der Waals surface area contributed by atoms with Crippen molar-refractivity contribution in [2.45, 2.75) is 26.3 Å². The van der Waals surface area contributed by atoms with E-state index in [0.717, 1.165) is 22.5 Å². The molecule has 0 spiro atoms. The van der Waals surface area contributed by atoms with E-state index in [0.29, 0.717) is 12.0 Å². The topological polar surface area (TPSA) is 70.7 Å². The fourth-order valence-electron chi connectivity index (χ4n) is 2.66. The molecule has 0 radical (unpaired) electrons. The van der Waals surface area contributed by atoms with Crippen molar-refractivity contribution in [3.63, 3.8) is 0 Å². The van der Waals surface area contributed by atoms with Gasteiger partial charge in [-0.05, 0) is 25.5 Å². The molecule has 0 fully saturated rings. The van der Waals surface area contributed by atoms with Crippen LogP contribution in [-0.2, 0) is 6.42 Å². The highest BCUT2D eigenvalue weighted by Gasteiger charge is 2.17. The van der Waals surface area contributed by atoms with Gasteiger partial charge in [0.25, 0.3) is 5.91 Å². The number of hydrogen-bond acceptors (Lipinski definition) is 3. The molecule has 0 unspecified atom stereocenters. The van der Waals surface area contributed by atoms with E-state index in [1.165, 1.54) is 0 Å². The van der Waals surface area contributed by atoms with Gasteiger partial charge in [-0.15, -0.1) is 0 Å². The van der Waals surface area contributed by atoms with E-state index < -0.39 is 0 Å². The lowest BCUT2D eigenvalue weighted by molar-refractivity contribution is 0.0940. The number of aryl methyl sites for hydroxylation is 1. The van der Waals surface area contributed by atoms with Crippen molar-refractivity contribution in [2.75, 3.05) is 0 Å². The standard InChI is InChI=1S/C19H20N4O/c1-13-7-6-10-20-17(13)11-14(2)22-19(24)16-12-21-23-18(16)15-8-4-3-5-9-15/h3-10,12,14H,11H2,1-2H3,(H,21,23)(H,22,24)/t14-/m1/s1. The predicted octanol–water partition coefficient (Wildman–Crippen LogP) is 3.14. The number of aromatic amines is 1. The van der Waals surface area contributed by atoms with Crippen molar-refractivity contribution in [3.05, 3.63) is 71.7 Å². The normalized spacial score (nSPS) is 11.9. The summed E-state index contributed by atoms with van der Waals surface area (Å²) < 4.78 is 0. The van der Waals surface area contributed by atoms with Crippen molar-refractivity contribution in [3.8, 4) is 11.3 Å². The van der Waals surface area contributed by atoms with E-state index in [4.69, 9.17) is 0 Å². The fraction of sp³-hybridized carbons (Fsp3) is 0.211. The quantitative estimate of drug-likeness (QED) is 0.758. The van der Waals surface area contributed by atoms with Crippen molar-refractivity contribution >= 4 is 5.91 Å². The predicted molar refractivity (Wildman–Crippen MR) is 93.6 cm³/mol. The second-order valence-electron chi connectivity index (χ2n) is 5.87. The minimum Gasteiger partial charge on any atom is -0.349 e. The molecule has 5 nitrogen and oxygen atoms in total. The smallest absolute Gasteiger partial charge is 0.255 e. The van der Waals surface area contributed by atoms with Crippen molar-refractivity contribution in [1.82, 2.24) is 20.5 Å². The van der Waals surface area contributed by atoms with Gasteiger partial charge in [-0.3, -0.25) is 14.9 Å². The summed E-state index contributed by atoms with van der Waals surface area (Å²) in [5.74, 6) is -0.135. The number of nitrogens with one attached hydrogen (secondary N) is 2. The molecule has 1 amide bonds. The van der Waals surface area contributed by atoms with Gasteiger partial charge in [0.15, 0.2) is 0 Å². The summed E-state index contributed by atoms with van der Waals surface area (Å²) in [5, 5.41) is 9.97. The minimum atomic E-state index is -0.135. The van der Waals surface area contributed by atoms with Gasteiger partial charge in [0.1, 0.15) is 0 Å². The van der Waals surface area contributed by atoms with Gasteiger partial charge in [-0.1, -0.05) is 36.4 Å². The molecule has 2 aromatic heterocycles. The summed E-state index contributed by atoms with van der Waals surface area (Å²) in [6.07, 6.45) is 4.04. The lowest BCUT2D eigenvalue weighted by Gasteiger charge is -2.14. The van der Waals surface area contributed by atoms with E-state index in [9.17, 15) is 4.79 Å². The maximum absolute atomic E-state index is 12.6. The number of benzene rings is 1. The minimum absolute atomic E-state index is 0.0235. The molecule has 1 atom stereocenters. The maximum Gasteiger partial charge on any atom is 0.255 e. The molecule has 0 aliphatic carbocycles. The summed E-state index contributed by atoms with van der Waals surface area (Å²) in [6, 6.07) is 13.6. The Bertz CT molecular complexity index is 826. The zero-order chi connectivity index (χ0) is 16.9. The lowest BCUT2D eigenvalue weighted by Crippen LogP contribution is -2.34. The summed E-state index contributed by atoms with van der Waals surface area (Å²) in [5.41, 5.74) is 4.35. The molecule has 24 heavy (non-hydrogen) atoms. The Kier molecular flexibility index (Phi) is 4.70. The first-order valence-electron chi connectivity index (χ1n) is 7.95. The number of amides is 1. The van der Waals surface area contributed by atoms with Gasteiger partial charge in [0, 0.05) is 29.9 Å². The van der Waals surface area contributed by atoms with Crippen LogP contribution in [0.5, 0.6) is 0 Å². The second kappa shape index (κ2) is 7.08. The van der Waals surface area contributed by atoms with Crippen molar-refractivity contribution in [1.29, 1.82) is 0 Å². The number of carbonyl (C=O) groups excluding carboxylic acids is 1. The third-order valence-corrected chi connectivity index (χ3v) is 3.94. The van der Waals surface area contributed by atoms with Gasteiger partial charge in [-0.2, -0.15) is 5.10 Å². The van der Waals surface area contributed by atoms with Gasteiger partial charge in [0.2, 0.25) is 0 Å². The molecule has 2 heterocycles.